The minimum atomic E-state index is -0.0405. The first-order chi connectivity index (χ1) is 15.6. The highest BCUT2D eigenvalue weighted by Crippen LogP contribution is 2.40. The van der Waals surface area contributed by atoms with Crippen molar-refractivity contribution in [3.05, 3.63) is 53.1 Å². The topological polar surface area (TPSA) is 73.3 Å². The summed E-state index contributed by atoms with van der Waals surface area (Å²) in [5, 5.41) is 6.99. The van der Waals surface area contributed by atoms with E-state index in [1.54, 1.807) is 7.11 Å². The predicted octanol–water partition coefficient (Wildman–Crippen LogP) is 3.19. The summed E-state index contributed by atoms with van der Waals surface area (Å²) in [7, 11) is 3.52. The number of methoxy groups -OCH3 is 1. The highest BCUT2D eigenvalue weighted by Gasteiger charge is 2.35. The maximum Gasteiger partial charge on any atom is 0.231 e. The second kappa shape index (κ2) is 10.1. The molecule has 1 saturated heterocycles. The molecule has 32 heavy (non-hydrogen) atoms. The van der Waals surface area contributed by atoms with Gasteiger partial charge in [0, 0.05) is 38.8 Å². The largest absolute Gasteiger partial charge is 0.496 e. The Bertz CT molecular complexity index is 954. The number of nitrogens with one attached hydrogen (secondary N) is 2. The van der Waals surface area contributed by atoms with Crippen LogP contribution in [0.25, 0.3) is 0 Å². The van der Waals surface area contributed by atoms with Gasteiger partial charge in [0.1, 0.15) is 5.75 Å². The highest BCUT2D eigenvalue weighted by molar-refractivity contribution is 5.79. The Morgan fingerprint density at radius 2 is 1.88 bits per heavy atom. The summed E-state index contributed by atoms with van der Waals surface area (Å²) in [6.07, 6.45) is 2.78. The Kier molecular flexibility index (Phi) is 7.05. The number of aliphatic imine (C=N–C) groups is 1. The van der Waals surface area contributed by atoms with Gasteiger partial charge < -0.3 is 29.6 Å². The van der Waals surface area contributed by atoms with Crippen LogP contribution in [0.1, 0.15) is 29.5 Å². The number of nitrogens with zero attached hydrogens (tertiary/aromatic N) is 1. The SMILES string of the molecule is CN=C(NCCc1ccc(C)c(OC)c1)NCC1(c2ccc3c(c2)OCO3)CCOCC1. The van der Waals surface area contributed by atoms with E-state index in [9.17, 15) is 0 Å². The quantitative estimate of drug-likeness (QED) is 0.510. The van der Waals surface area contributed by atoms with Gasteiger partial charge in [-0.05, 0) is 61.1 Å². The van der Waals surface area contributed by atoms with Crippen LogP contribution in [0.4, 0.5) is 0 Å². The lowest BCUT2D eigenvalue weighted by Crippen LogP contribution is -2.48. The van der Waals surface area contributed by atoms with Crippen LogP contribution in [-0.4, -0.2) is 53.2 Å². The molecule has 0 atom stereocenters. The van der Waals surface area contributed by atoms with E-state index in [4.69, 9.17) is 18.9 Å². The van der Waals surface area contributed by atoms with Crippen molar-refractivity contribution in [2.45, 2.75) is 31.6 Å². The van der Waals surface area contributed by atoms with E-state index < -0.39 is 0 Å². The molecule has 0 saturated carbocycles. The second-order valence-corrected chi connectivity index (χ2v) is 8.37. The number of benzene rings is 2. The Balaban J connectivity index is 1.38. The molecule has 0 aromatic heterocycles. The van der Waals surface area contributed by atoms with Gasteiger partial charge in [-0.25, -0.2) is 0 Å². The van der Waals surface area contributed by atoms with E-state index in [-0.39, 0.29) is 12.2 Å². The normalized spacial score (nSPS) is 17.2. The Morgan fingerprint density at radius 1 is 1.06 bits per heavy atom. The molecule has 2 aliphatic heterocycles. The van der Waals surface area contributed by atoms with Gasteiger partial charge in [0.15, 0.2) is 17.5 Å². The number of fused-ring (bicyclic) bond motifs is 1. The van der Waals surface area contributed by atoms with Gasteiger partial charge >= 0.3 is 0 Å². The average molecular weight is 440 g/mol. The van der Waals surface area contributed by atoms with Gasteiger partial charge in [0.2, 0.25) is 6.79 Å². The van der Waals surface area contributed by atoms with E-state index in [0.29, 0.717) is 0 Å². The molecule has 2 aromatic carbocycles. The molecule has 7 nitrogen and oxygen atoms in total. The van der Waals surface area contributed by atoms with Gasteiger partial charge in [-0.3, -0.25) is 4.99 Å². The molecule has 0 bridgehead atoms. The zero-order valence-electron chi connectivity index (χ0n) is 19.2. The molecule has 2 aromatic rings. The second-order valence-electron chi connectivity index (χ2n) is 8.37. The Labute approximate surface area is 190 Å². The zero-order valence-corrected chi connectivity index (χ0v) is 19.2. The first-order valence-electron chi connectivity index (χ1n) is 11.2. The summed E-state index contributed by atoms with van der Waals surface area (Å²) in [6, 6.07) is 12.6. The summed E-state index contributed by atoms with van der Waals surface area (Å²) in [6.45, 7) is 5.39. The lowest BCUT2D eigenvalue weighted by molar-refractivity contribution is 0.0513. The number of hydrogen-bond acceptors (Lipinski definition) is 5. The number of ether oxygens (including phenoxy) is 4. The van der Waals surface area contributed by atoms with E-state index in [1.165, 1.54) is 11.1 Å². The van der Waals surface area contributed by atoms with E-state index in [2.05, 4.69) is 52.9 Å². The van der Waals surface area contributed by atoms with Crippen molar-refractivity contribution in [1.29, 1.82) is 0 Å². The molecule has 0 amide bonds. The third kappa shape index (κ3) is 4.93. The highest BCUT2D eigenvalue weighted by atomic mass is 16.7. The first kappa shape index (κ1) is 22.3. The molecule has 7 heteroatoms. The number of guanidine groups is 1. The molecule has 0 radical (unpaired) electrons. The maximum atomic E-state index is 5.67. The minimum Gasteiger partial charge on any atom is -0.496 e. The van der Waals surface area contributed by atoms with Gasteiger partial charge in [-0.2, -0.15) is 0 Å². The maximum absolute atomic E-state index is 5.67. The van der Waals surface area contributed by atoms with Crippen LogP contribution in [0.3, 0.4) is 0 Å². The van der Waals surface area contributed by atoms with Crippen LogP contribution in [-0.2, 0) is 16.6 Å². The fourth-order valence-electron chi connectivity index (χ4n) is 4.37. The predicted molar refractivity (Wildman–Crippen MR) is 125 cm³/mol. The van der Waals surface area contributed by atoms with Gasteiger partial charge in [0.25, 0.3) is 0 Å². The van der Waals surface area contributed by atoms with Crippen molar-refractivity contribution < 1.29 is 18.9 Å². The molecular formula is C25H33N3O4. The number of aryl methyl sites for hydroxylation is 1. The van der Waals surface area contributed by atoms with Crippen molar-refractivity contribution in [1.82, 2.24) is 10.6 Å². The molecule has 4 rings (SSSR count). The minimum absolute atomic E-state index is 0.0405. The monoisotopic (exact) mass is 439 g/mol. The summed E-state index contributed by atoms with van der Waals surface area (Å²) in [5.74, 6) is 3.37. The van der Waals surface area contributed by atoms with Crippen molar-refractivity contribution >= 4 is 5.96 Å². The summed E-state index contributed by atoms with van der Waals surface area (Å²) in [4.78, 5) is 4.43. The van der Waals surface area contributed by atoms with Crippen LogP contribution in [0.2, 0.25) is 0 Å². The van der Waals surface area contributed by atoms with E-state index in [1.807, 2.05) is 13.1 Å². The molecule has 2 aliphatic rings. The average Bonchev–Trinajstić information content (AvgIpc) is 3.31. The molecule has 172 valence electrons. The molecule has 2 heterocycles. The Morgan fingerprint density at radius 3 is 2.66 bits per heavy atom. The Hall–Kier alpha value is -2.93. The van der Waals surface area contributed by atoms with Gasteiger partial charge in [0.05, 0.1) is 7.11 Å². The van der Waals surface area contributed by atoms with E-state index in [0.717, 1.165) is 74.3 Å². The van der Waals surface area contributed by atoms with Crippen LogP contribution >= 0.6 is 0 Å². The molecule has 0 unspecified atom stereocenters. The standard InChI is InChI=1S/C25H33N3O4/c1-18-4-5-19(14-22(18)29-3)8-11-27-24(26-2)28-16-25(9-12-30-13-10-25)20-6-7-21-23(15-20)32-17-31-21/h4-7,14-15H,8-13,16-17H2,1-3H3,(H2,26,27,28). The number of hydrogen-bond donors (Lipinski definition) is 2. The van der Waals surface area contributed by atoms with Crippen LogP contribution in [0.15, 0.2) is 41.4 Å². The van der Waals surface area contributed by atoms with Crippen molar-refractivity contribution in [2.75, 3.05) is 47.3 Å². The van der Waals surface area contributed by atoms with Gasteiger partial charge in [-0.15, -0.1) is 0 Å². The molecule has 1 fully saturated rings. The lowest BCUT2D eigenvalue weighted by atomic mass is 9.74. The fourth-order valence-corrected chi connectivity index (χ4v) is 4.37. The fraction of sp³-hybridized carbons (Fsp3) is 0.480. The zero-order chi connectivity index (χ0) is 22.4. The third-order valence-electron chi connectivity index (χ3n) is 6.43. The van der Waals surface area contributed by atoms with Crippen LogP contribution in [0, 0.1) is 6.92 Å². The smallest absolute Gasteiger partial charge is 0.231 e. The van der Waals surface area contributed by atoms with Gasteiger partial charge in [-0.1, -0.05) is 18.2 Å². The third-order valence-corrected chi connectivity index (χ3v) is 6.43. The van der Waals surface area contributed by atoms with Crippen molar-refractivity contribution in [3.63, 3.8) is 0 Å². The molecular weight excluding hydrogens is 406 g/mol. The summed E-state index contributed by atoms with van der Waals surface area (Å²) < 4.78 is 22.2. The summed E-state index contributed by atoms with van der Waals surface area (Å²) in [5.41, 5.74) is 3.59. The number of rotatable bonds is 7. The van der Waals surface area contributed by atoms with Crippen LogP contribution in [0.5, 0.6) is 17.2 Å². The summed E-state index contributed by atoms with van der Waals surface area (Å²) >= 11 is 0. The van der Waals surface area contributed by atoms with Crippen molar-refractivity contribution in [3.8, 4) is 17.2 Å². The van der Waals surface area contributed by atoms with Crippen LogP contribution < -0.4 is 24.8 Å². The molecule has 0 aliphatic carbocycles. The molecule has 0 spiro atoms. The first-order valence-corrected chi connectivity index (χ1v) is 11.2. The van der Waals surface area contributed by atoms with E-state index >= 15 is 0 Å². The lowest BCUT2D eigenvalue weighted by Gasteiger charge is -2.38. The molecule has 2 N–H and O–H groups in total. The van der Waals surface area contributed by atoms with Crippen molar-refractivity contribution in [2.24, 2.45) is 4.99 Å².